The van der Waals surface area contributed by atoms with E-state index in [1.807, 2.05) is 17.0 Å². The average molecular weight is 319 g/mol. The SMILES string of the molecule is CCCCN(CCO)CC(=O)Nc1ccc(N2CCCC2)cc1. The Morgan fingerprint density at radius 1 is 1.22 bits per heavy atom. The Balaban J connectivity index is 1.83. The lowest BCUT2D eigenvalue weighted by Crippen LogP contribution is -2.35. The van der Waals surface area contributed by atoms with Gasteiger partial charge in [0.25, 0.3) is 0 Å². The summed E-state index contributed by atoms with van der Waals surface area (Å²) in [5.41, 5.74) is 2.06. The van der Waals surface area contributed by atoms with Crippen LogP contribution in [0.1, 0.15) is 32.6 Å². The van der Waals surface area contributed by atoms with Crippen molar-refractivity contribution in [2.24, 2.45) is 0 Å². The number of aliphatic hydroxyl groups excluding tert-OH is 1. The van der Waals surface area contributed by atoms with Crippen molar-refractivity contribution in [1.82, 2.24) is 4.90 Å². The van der Waals surface area contributed by atoms with Crippen LogP contribution >= 0.6 is 0 Å². The predicted molar refractivity (Wildman–Crippen MR) is 95.0 cm³/mol. The Kier molecular flexibility index (Phi) is 7.36. The van der Waals surface area contributed by atoms with Crippen LogP contribution < -0.4 is 10.2 Å². The molecule has 1 aliphatic rings. The van der Waals surface area contributed by atoms with E-state index < -0.39 is 0 Å². The van der Waals surface area contributed by atoms with Crippen LogP contribution in [0.25, 0.3) is 0 Å². The van der Waals surface area contributed by atoms with E-state index in [4.69, 9.17) is 5.11 Å². The second-order valence-corrected chi connectivity index (χ2v) is 6.14. The maximum absolute atomic E-state index is 12.2. The van der Waals surface area contributed by atoms with Crippen LogP contribution in [-0.2, 0) is 4.79 Å². The van der Waals surface area contributed by atoms with E-state index in [0.717, 1.165) is 38.2 Å². The molecule has 1 fully saturated rings. The summed E-state index contributed by atoms with van der Waals surface area (Å²) in [5.74, 6) is -0.0246. The van der Waals surface area contributed by atoms with Crippen molar-refractivity contribution >= 4 is 17.3 Å². The zero-order valence-electron chi connectivity index (χ0n) is 14.1. The number of aliphatic hydroxyl groups is 1. The first-order valence-corrected chi connectivity index (χ1v) is 8.71. The van der Waals surface area contributed by atoms with E-state index in [1.54, 1.807) is 0 Å². The third kappa shape index (κ3) is 5.84. The molecule has 0 aromatic heterocycles. The molecule has 0 saturated carbocycles. The highest BCUT2D eigenvalue weighted by atomic mass is 16.3. The van der Waals surface area contributed by atoms with E-state index in [2.05, 4.69) is 29.3 Å². The lowest BCUT2D eigenvalue weighted by atomic mass is 10.2. The predicted octanol–water partition coefficient (Wildman–Crippen LogP) is 2.32. The van der Waals surface area contributed by atoms with Crippen molar-refractivity contribution in [3.05, 3.63) is 24.3 Å². The number of nitrogens with zero attached hydrogens (tertiary/aromatic N) is 2. The summed E-state index contributed by atoms with van der Waals surface area (Å²) < 4.78 is 0. The van der Waals surface area contributed by atoms with Crippen LogP contribution in [0, 0.1) is 0 Å². The molecule has 5 nitrogen and oxygen atoms in total. The summed E-state index contributed by atoms with van der Waals surface area (Å²) in [6, 6.07) is 8.08. The summed E-state index contributed by atoms with van der Waals surface area (Å²) in [6.07, 6.45) is 4.65. The van der Waals surface area contributed by atoms with Gasteiger partial charge in [-0.15, -0.1) is 0 Å². The molecule has 0 unspecified atom stereocenters. The number of nitrogens with one attached hydrogen (secondary N) is 1. The van der Waals surface area contributed by atoms with Crippen LogP contribution in [-0.4, -0.2) is 55.2 Å². The van der Waals surface area contributed by atoms with E-state index in [0.29, 0.717) is 13.1 Å². The van der Waals surface area contributed by atoms with Gasteiger partial charge in [0, 0.05) is 31.0 Å². The van der Waals surface area contributed by atoms with Crippen LogP contribution in [0.3, 0.4) is 0 Å². The molecule has 1 heterocycles. The summed E-state index contributed by atoms with van der Waals surface area (Å²) in [6.45, 7) is 6.17. The average Bonchev–Trinajstić information content (AvgIpc) is 3.08. The summed E-state index contributed by atoms with van der Waals surface area (Å²) in [4.78, 5) is 16.5. The molecule has 0 radical (unpaired) electrons. The number of unbranched alkanes of at least 4 members (excludes halogenated alkanes) is 1. The zero-order chi connectivity index (χ0) is 16.5. The summed E-state index contributed by atoms with van der Waals surface area (Å²) in [7, 11) is 0. The van der Waals surface area contributed by atoms with Gasteiger partial charge in [-0.1, -0.05) is 13.3 Å². The highest BCUT2D eigenvalue weighted by molar-refractivity contribution is 5.92. The molecule has 0 bridgehead atoms. The number of hydrogen-bond donors (Lipinski definition) is 2. The minimum absolute atomic E-state index is 0.0246. The van der Waals surface area contributed by atoms with Crippen molar-refractivity contribution in [1.29, 1.82) is 0 Å². The van der Waals surface area contributed by atoms with Gasteiger partial charge in [-0.05, 0) is 50.1 Å². The number of benzene rings is 1. The fourth-order valence-corrected chi connectivity index (χ4v) is 2.93. The van der Waals surface area contributed by atoms with Crippen LogP contribution in [0.5, 0.6) is 0 Å². The Morgan fingerprint density at radius 3 is 2.52 bits per heavy atom. The van der Waals surface area contributed by atoms with Crippen LogP contribution in [0.15, 0.2) is 24.3 Å². The molecule has 23 heavy (non-hydrogen) atoms. The Bertz CT molecular complexity index is 470. The van der Waals surface area contributed by atoms with Crippen molar-refractivity contribution in [3.63, 3.8) is 0 Å². The molecular formula is C18H29N3O2. The monoisotopic (exact) mass is 319 g/mol. The number of carbonyl (C=O) groups is 1. The fourth-order valence-electron chi connectivity index (χ4n) is 2.93. The molecule has 1 saturated heterocycles. The molecule has 2 N–H and O–H groups in total. The molecule has 5 heteroatoms. The van der Waals surface area contributed by atoms with Gasteiger partial charge in [-0.2, -0.15) is 0 Å². The van der Waals surface area contributed by atoms with Gasteiger partial charge >= 0.3 is 0 Å². The van der Waals surface area contributed by atoms with Gasteiger partial charge in [0.05, 0.1) is 13.2 Å². The molecule has 2 rings (SSSR count). The quantitative estimate of drug-likeness (QED) is 0.733. The number of hydrogen-bond acceptors (Lipinski definition) is 4. The summed E-state index contributed by atoms with van der Waals surface area (Å²) >= 11 is 0. The lowest BCUT2D eigenvalue weighted by Gasteiger charge is -2.21. The summed E-state index contributed by atoms with van der Waals surface area (Å²) in [5, 5.41) is 12.0. The maximum Gasteiger partial charge on any atom is 0.238 e. The second kappa shape index (κ2) is 9.53. The molecule has 0 spiro atoms. The van der Waals surface area contributed by atoms with E-state index in [1.165, 1.54) is 18.5 Å². The maximum atomic E-state index is 12.2. The standard InChI is InChI=1S/C18H29N3O2/c1-2-3-10-20(13-14-22)15-18(23)19-16-6-8-17(9-7-16)21-11-4-5-12-21/h6-9,22H,2-5,10-15H2,1H3,(H,19,23). The van der Waals surface area contributed by atoms with Gasteiger partial charge in [0.15, 0.2) is 0 Å². The Labute approximate surface area is 139 Å². The van der Waals surface area contributed by atoms with Gasteiger partial charge in [0.1, 0.15) is 0 Å². The Hall–Kier alpha value is -1.59. The van der Waals surface area contributed by atoms with Crippen molar-refractivity contribution in [2.75, 3.05) is 49.5 Å². The van der Waals surface area contributed by atoms with Gasteiger partial charge in [-0.25, -0.2) is 0 Å². The highest BCUT2D eigenvalue weighted by Gasteiger charge is 2.13. The third-order valence-corrected chi connectivity index (χ3v) is 4.23. The molecule has 1 aliphatic heterocycles. The van der Waals surface area contributed by atoms with E-state index in [9.17, 15) is 4.79 Å². The lowest BCUT2D eigenvalue weighted by molar-refractivity contribution is -0.117. The zero-order valence-corrected chi connectivity index (χ0v) is 14.1. The first kappa shape index (κ1) is 17.8. The van der Waals surface area contributed by atoms with Gasteiger partial charge in [-0.3, -0.25) is 9.69 Å². The largest absolute Gasteiger partial charge is 0.395 e. The molecule has 1 aromatic rings. The molecule has 1 aromatic carbocycles. The van der Waals surface area contributed by atoms with Crippen LogP contribution in [0.4, 0.5) is 11.4 Å². The molecule has 0 aliphatic carbocycles. The Morgan fingerprint density at radius 2 is 1.91 bits per heavy atom. The smallest absolute Gasteiger partial charge is 0.238 e. The van der Waals surface area contributed by atoms with E-state index >= 15 is 0 Å². The first-order chi connectivity index (χ1) is 11.2. The van der Waals surface area contributed by atoms with Crippen LogP contribution in [0.2, 0.25) is 0 Å². The normalized spacial score (nSPS) is 14.5. The molecule has 0 atom stereocenters. The van der Waals surface area contributed by atoms with Gasteiger partial charge < -0.3 is 15.3 Å². The topological polar surface area (TPSA) is 55.8 Å². The van der Waals surface area contributed by atoms with Gasteiger partial charge in [0.2, 0.25) is 5.91 Å². The number of anilines is 2. The molecule has 128 valence electrons. The second-order valence-electron chi connectivity index (χ2n) is 6.14. The minimum atomic E-state index is -0.0246. The molecule has 1 amide bonds. The third-order valence-electron chi connectivity index (χ3n) is 4.23. The number of amides is 1. The minimum Gasteiger partial charge on any atom is -0.395 e. The van der Waals surface area contributed by atoms with Crippen molar-refractivity contribution in [2.45, 2.75) is 32.6 Å². The fraction of sp³-hybridized carbons (Fsp3) is 0.611. The molecular weight excluding hydrogens is 290 g/mol. The van der Waals surface area contributed by atoms with Crippen molar-refractivity contribution < 1.29 is 9.90 Å². The van der Waals surface area contributed by atoms with E-state index in [-0.39, 0.29) is 12.5 Å². The highest BCUT2D eigenvalue weighted by Crippen LogP contribution is 2.21. The number of carbonyl (C=O) groups excluding carboxylic acids is 1. The van der Waals surface area contributed by atoms with Crippen molar-refractivity contribution in [3.8, 4) is 0 Å². The number of rotatable bonds is 9. The first-order valence-electron chi connectivity index (χ1n) is 8.71.